The van der Waals surface area contributed by atoms with E-state index in [2.05, 4.69) is 4.98 Å². The highest BCUT2D eigenvalue weighted by molar-refractivity contribution is 6.29. The van der Waals surface area contributed by atoms with Gasteiger partial charge in [0.1, 0.15) is 5.15 Å². The van der Waals surface area contributed by atoms with Gasteiger partial charge in [-0.2, -0.15) is 0 Å². The summed E-state index contributed by atoms with van der Waals surface area (Å²) in [5, 5.41) is 10.3. The topological polar surface area (TPSA) is 53.4 Å². The summed E-state index contributed by atoms with van der Waals surface area (Å²) in [6.07, 6.45) is 5.24. The van der Waals surface area contributed by atoms with E-state index in [-0.39, 0.29) is 17.9 Å². The Labute approximate surface area is 118 Å². The molecule has 0 saturated heterocycles. The number of halogens is 1. The first-order valence-corrected chi connectivity index (χ1v) is 7.01. The van der Waals surface area contributed by atoms with Gasteiger partial charge in [0.15, 0.2) is 0 Å². The van der Waals surface area contributed by atoms with Gasteiger partial charge in [0, 0.05) is 25.7 Å². The maximum Gasteiger partial charge on any atom is 0.255 e. The molecule has 4 nitrogen and oxygen atoms in total. The van der Waals surface area contributed by atoms with E-state index < -0.39 is 0 Å². The van der Waals surface area contributed by atoms with E-state index in [4.69, 9.17) is 11.6 Å². The molecule has 1 N–H and O–H groups in total. The van der Waals surface area contributed by atoms with Gasteiger partial charge in [-0.25, -0.2) is 4.98 Å². The number of amides is 1. The van der Waals surface area contributed by atoms with Crippen molar-refractivity contribution in [2.45, 2.75) is 31.8 Å². The summed E-state index contributed by atoms with van der Waals surface area (Å²) in [5.74, 6) is 0.102. The smallest absolute Gasteiger partial charge is 0.255 e. The Morgan fingerprint density at radius 3 is 2.84 bits per heavy atom. The lowest BCUT2D eigenvalue weighted by Gasteiger charge is -2.31. The molecule has 0 aromatic carbocycles. The monoisotopic (exact) mass is 282 g/mol. The second-order valence-corrected chi connectivity index (χ2v) is 5.55. The Bertz CT molecular complexity index is 436. The van der Waals surface area contributed by atoms with Gasteiger partial charge >= 0.3 is 0 Å². The Kier molecular flexibility index (Phi) is 4.77. The molecule has 5 heteroatoms. The van der Waals surface area contributed by atoms with Crippen molar-refractivity contribution < 1.29 is 9.90 Å². The number of aromatic nitrogens is 1. The quantitative estimate of drug-likeness (QED) is 0.866. The third-order valence-electron chi connectivity index (χ3n) is 3.70. The Hall–Kier alpha value is -1.13. The fourth-order valence-electron chi connectivity index (χ4n) is 2.56. The molecule has 19 heavy (non-hydrogen) atoms. The predicted octanol–water partition coefficient (Wildman–Crippen LogP) is 2.36. The normalized spacial score (nSPS) is 23.1. The Morgan fingerprint density at radius 2 is 2.21 bits per heavy atom. The lowest BCUT2D eigenvalue weighted by Crippen LogP contribution is -2.38. The third-order valence-corrected chi connectivity index (χ3v) is 3.92. The van der Waals surface area contributed by atoms with Crippen LogP contribution in [0.15, 0.2) is 18.3 Å². The van der Waals surface area contributed by atoms with E-state index in [1.165, 1.54) is 6.20 Å². The molecule has 1 saturated carbocycles. The minimum atomic E-state index is -0.285. The number of aliphatic hydroxyl groups is 1. The highest BCUT2D eigenvalue weighted by Gasteiger charge is 2.25. The van der Waals surface area contributed by atoms with E-state index in [0.29, 0.717) is 17.3 Å². The van der Waals surface area contributed by atoms with Crippen molar-refractivity contribution in [3.05, 3.63) is 29.0 Å². The first kappa shape index (κ1) is 14.3. The van der Waals surface area contributed by atoms with Crippen LogP contribution in [0.1, 0.15) is 36.0 Å². The highest BCUT2D eigenvalue weighted by atomic mass is 35.5. The molecular weight excluding hydrogens is 264 g/mol. The van der Waals surface area contributed by atoms with Crippen LogP contribution >= 0.6 is 11.6 Å². The molecule has 2 rings (SSSR count). The van der Waals surface area contributed by atoms with Gasteiger partial charge in [-0.05, 0) is 25.0 Å². The van der Waals surface area contributed by atoms with Gasteiger partial charge in [0.2, 0.25) is 0 Å². The van der Waals surface area contributed by atoms with Crippen molar-refractivity contribution in [1.29, 1.82) is 0 Å². The second-order valence-electron chi connectivity index (χ2n) is 5.17. The zero-order valence-corrected chi connectivity index (χ0v) is 11.8. The van der Waals surface area contributed by atoms with Gasteiger partial charge in [0.05, 0.1) is 11.7 Å². The zero-order chi connectivity index (χ0) is 13.8. The molecular formula is C14H19ClN2O2. The number of hydrogen-bond acceptors (Lipinski definition) is 3. The average molecular weight is 283 g/mol. The standard InChI is InChI=1S/C14H19ClN2O2/c1-17(9-11-4-2-3-5-12(11)18)14(19)10-6-7-13(15)16-8-10/h6-8,11-12,18H,2-5,9H2,1H3. The Morgan fingerprint density at radius 1 is 1.47 bits per heavy atom. The molecule has 1 aromatic heterocycles. The van der Waals surface area contributed by atoms with Crippen molar-refractivity contribution in [3.8, 4) is 0 Å². The minimum absolute atomic E-state index is 0.0815. The number of nitrogens with zero attached hydrogens (tertiary/aromatic N) is 2. The molecule has 1 aromatic rings. The van der Waals surface area contributed by atoms with Crippen molar-refractivity contribution in [2.24, 2.45) is 5.92 Å². The molecule has 1 aliphatic rings. The molecule has 1 fully saturated rings. The number of carbonyl (C=O) groups excluding carboxylic acids is 1. The summed E-state index contributed by atoms with van der Waals surface area (Å²) in [4.78, 5) is 17.8. The summed E-state index contributed by atoms with van der Waals surface area (Å²) in [6, 6.07) is 3.28. The molecule has 104 valence electrons. The lowest BCUT2D eigenvalue weighted by molar-refractivity contribution is 0.0451. The van der Waals surface area contributed by atoms with Crippen molar-refractivity contribution in [1.82, 2.24) is 9.88 Å². The maximum atomic E-state index is 12.2. The number of hydrogen-bond donors (Lipinski definition) is 1. The predicted molar refractivity (Wildman–Crippen MR) is 74.2 cm³/mol. The van der Waals surface area contributed by atoms with Crippen molar-refractivity contribution >= 4 is 17.5 Å². The van der Waals surface area contributed by atoms with Crippen LogP contribution in [0.5, 0.6) is 0 Å². The fraction of sp³-hybridized carbons (Fsp3) is 0.571. The molecule has 2 unspecified atom stereocenters. The van der Waals surface area contributed by atoms with Crippen LogP contribution in [0.3, 0.4) is 0 Å². The number of aliphatic hydroxyl groups excluding tert-OH is 1. The second kappa shape index (κ2) is 6.35. The molecule has 0 radical (unpaired) electrons. The SMILES string of the molecule is CN(CC1CCCCC1O)C(=O)c1ccc(Cl)nc1. The largest absolute Gasteiger partial charge is 0.393 e. The highest BCUT2D eigenvalue weighted by Crippen LogP contribution is 2.25. The van der Waals surface area contributed by atoms with Crippen LogP contribution in [0.4, 0.5) is 0 Å². The van der Waals surface area contributed by atoms with E-state index in [0.717, 1.165) is 25.7 Å². The van der Waals surface area contributed by atoms with E-state index in [9.17, 15) is 9.90 Å². The van der Waals surface area contributed by atoms with Gasteiger partial charge in [0.25, 0.3) is 5.91 Å². The van der Waals surface area contributed by atoms with Crippen LogP contribution in [-0.2, 0) is 0 Å². The van der Waals surface area contributed by atoms with Crippen LogP contribution < -0.4 is 0 Å². The third kappa shape index (κ3) is 3.67. The summed E-state index contributed by atoms with van der Waals surface area (Å²) >= 11 is 5.70. The molecule has 0 spiro atoms. The summed E-state index contributed by atoms with van der Waals surface area (Å²) < 4.78 is 0. The van der Waals surface area contributed by atoms with E-state index in [1.54, 1.807) is 24.1 Å². The van der Waals surface area contributed by atoms with E-state index in [1.807, 2.05) is 0 Å². The van der Waals surface area contributed by atoms with Crippen LogP contribution in [-0.4, -0.2) is 40.6 Å². The molecule has 1 heterocycles. The number of carbonyl (C=O) groups is 1. The van der Waals surface area contributed by atoms with E-state index >= 15 is 0 Å². The Balaban J connectivity index is 1.97. The van der Waals surface area contributed by atoms with Crippen LogP contribution in [0, 0.1) is 5.92 Å². The van der Waals surface area contributed by atoms with Crippen molar-refractivity contribution in [3.63, 3.8) is 0 Å². The zero-order valence-electron chi connectivity index (χ0n) is 11.1. The average Bonchev–Trinajstić information content (AvgIpc) is 2.41. The van der Waals surface area contributed by atoms with Gasteiger partial charge in [-0.1, -0.05) is 24.4 Å². The van der Waals surface area contributed by atoms with Crippen molar-refractivity contribution in [2.75, 3.05) is 13.6 Å². The lowest BCUT2D eigenvalue weighted by atomic mass is 9.86. The number of pyridine rings is 1. The fourth-order valence-corrected chi connectivity index (χ4v) is 2.67. The molecule has 0 aliphatic heterocycles. The molecule has 2 atom stereocenters. The molecule has 1 aliphatic carbocycles. The van der Waals surface area contributed by atoms with Gasteiger partial charge in [-0.3, -0.25) is 4.79 Å². The maximum absolute atomic E-state index is 12.2. The summed E-state index contributed by atoms with van der Waals surface area (Å²) in [7, 11) is 1.76. The first-order valence-electron chi connectivity index (χ1n) is 6.63. The summed E-state index contributed by atoms with van der Waals surface area (Å²) in [5.41, 5.74) is 0.525. The number of rotatable bonds is 3. The van der Waals surface area contributed by atoms with Gasteiger partial charge in [-0.15, -0.1) is 0 Å². The van der Waals surface area contributed by atoms with Crippen LogP contribution in [0.2, 0.25) is 5.15 Å². The minimum Gasteiger partial charge on any atom is -0.393 e. The first-order chi connectivity index (χ1) is 9.08. The van der Waals surface area contributed by atoms with Crippen LogP contribution in [0.25, 0.3) is 0 Å². The summed E-state index contributed by atoms with van der Waals surface area (Å²) in [6.45, 7) is 0.586. The molecule has 0 bridgehead atoms. The van der Waals surface area contributed by atoms with Gasteiger partial charge < -0.3 is 10.0 Å². The molecule has 1 amide bonds.